The zero-order valence-corrected chi connectivity index (χ0v) is 16.8. The van der Waals surface area contributed by atoms with E-state index in [0.29, 0.717) is 24.5 Å². The first-order chi connectivity index (χ1) is 14.1. The summed E-state index contributed by atoms with van der Waals surface area (Å²) in [6.07, 6.45) is 3.60. The first-order valence-corrected chi connectivity index (χ1v) is 9.88. The minimum Gasteiger partial charge on any atom is -0.378 e. The van der Waals surface area contributed by atoms with Gasteiger partial charge in [0.1, 0.15) is 10.8 Å². The van der Waals surface area contributed by atoms with Crippen LogP contribution in [0.5, 0.6) is 0 Å². The van der Waals surface area contributed by atoms with Crippen molar-refractivity contribution in [3.05, 3.63) is 75.8 Å². The van der Waals surface area contributed by atoms with E-state index in [1.807, 2.05) is 36.5 Å². The average Bonchev–Trinajstić information content (AvgIpc) is 2.76. The normalized spacial score (nSPS) is 16.6. The fraction of sp³-hybridized carbons (Fsp3) is 0.286. The Hall–Kier alpha value is -2.90. The highest BCUT2D eigenvalue weighted by atomic mass is 35.5. The van der Waals surface area contributed by atoms with Gasteiger partial charge in [0, 0.05) is 25.8 Å². The van der Waals surface area contributed by atoms with Gasteiger partial charge in [0.15, 0.2) is 0 Å². The molecule has 1 aromatic carbocycles. The predicted molar refractivity (Wildman–Crippen MR) is 114 cm³/mol. The molecule has 3 aromatic rings. The molecule has 1 atom stereocenters. The van der Waals surface area contributed by atoms with Crippen LogP contribution in [0.1, 0.15) is 12.5 Å². The number of hydrogen-bond acceptors (Lipinski definition) is 6. The van der Waals surface area contributed by atoms with Gasteiger partial charge in [-0.3, -0.25) is 4.79 Å². The molecule has 1 fully saturated rings. The van der Waals surface area contributed by atoms with Gasteiger partial charge in [0.05, 0.1) is 30.3 Å². The van der Waals surface area contributed by atoms with Crippen molar-refractivity contribution >= 4 is 23.1 Å². The lowest BCUT2D eigenvalue weighted by Crippen LogP contribution is -2.41. The number of pyridine rings is 1. The molecule has 1 saturated heterocycles. The Morgan fingerprint density at radius 2 is 2.03 bits per heavy atom. The van der Waals surface area contributed by atoms with E-state index in [1.54, 1.807) is 18.3 Å². The van der Waals surface area contributed by atoms with Crippen LogP contribution < -0.4 is 15.8 Å². The SMILES string of the molecule is CC1CN(c2ccc(CNc3cnn(-c4ccccc4)c(=O)c3Cl)cn2)CCO1. The highest BCUT2D eigenvalue weighted by molar-refractivity contribution is 6.32. The van der Waals surface area contributed by atoms with Crippen molar-refractivity contribution < 1.29 is 4.74 Å². The third-order valence-electron chi connectivity index (χ3n) is 4.78. The predicted octanol–water partition coefficient (Wildman–Crippen LogP) is 3.12. The van der Waals surface area contributed by atoms with Crippen molar-refractivity contribution in [1.82, 2.24) is 14.8 Å². The van der Waals surface area contributed by atoms with Crippen LogP contribution in [0.2, 0.25) is 5.02 Å². The van der Waals surface area contributed by atoms with Crippen molar-refractivity contribution in [2.24, 2.45) is 0 Å². The number of aromatic nitrogens is 3. The smallest absolute Gasteiger partial charge is 0.292 e. The number of benzene rings is 1. The standard InChI is InChI=1S/C21H22ClN5O2/c1-15-14-26(9-10-29-15)19-8-7-16(12-24-19)11-23-18-13-25-27(21(28)20(18)22)17-5-3-2-4-6-17/h2-8,12-13,15,23H,9-11,14H2,1H3. The number of anilines is 2. The van der Waals surface area contributed by atoms with Gasteiger partial charge in [0.25, 0.3) is 5.56 Å². The molecule has 0 radical (unpaired) electrons. The van der Waals surface area contributed by atoms with E-state index in [4.69, 9.17) is 16.3 Å². The van der Waals surface area contributed by atoms with E-state index in [2.05, 4.69) is 27.2 Å². The molecule has 2 aromatic heterocycles. The zero-order valence-electron chi connectivity index (χ0n) is 16.1. The molecule has 1 aliphatic rings. The lowest BCUT2D eigenvalue weighted by atomic mass is 10.2. The maximum Gasteiger partial charge on any atom is 0.292 e. The third kappa shape index (κ3) is 4.41. The van der Waals surface area contributed by atoms with Crippen LogP contribution in [-0.2, 0) is 11.3 Å². The maximum absolute atomic E-state index is 12.5. The Kier molecular flexibility index (Phi) is 5.78. The van der Waals surface area contributed by atoms with Gasteiger partial charge in [-0.25, -0.2) is 4.98 Å². The molecule has 29 heavy (non-hydrogen) atoms. The van der Waals surface area contributed by atoms with Crippen molar-refractivity contribution in [1.29, 1.82) is 0 Å². The van der Waals surface area contributed by atoms with Crippen LogP contribution in [-0.4, -0.2) is 40.6 Å². The number of halogens is 1. The van der Waals surface area contributed by atoms with Crippen molar-refractivity contribution in [3.63, 3.8) is 0 Å². The van der Waals surface area contributed by atoms with Crippen LogP contribution in [0.4, 0.5) is 11.5 Å². The fourth-order valence-corrected chi connectivity index (χ4v) is 3.44. The van der Waals surface area contributed by atoms with Gasteiger partial charge in [0.2, 0.25) is 0 Å². The minimum absolute atomic E-state index is 0.107. The minimum atomic E-state index is -0.363. The molecule has 7 nitrogen and oxygen atoms in total. The van der Waals surface area contributed by atoms with E-state index in [9.17, 15) is 4.79 Å². The number of nitrogens with one attached hydrogen (secondary N) is 1. The van der Waals surface area contributed by atoms with Crippen molar-refractivity contribution in [3.8, 4) is 5.69 Å². The van der Waals surface area contributed by atoms with Crippen molar-refractivity contribution in [2.45, 2.75) is 19.6 Å². The highest BCUT2D eigenvalue weighted by Crippen LogP contribution is 2.19. The van der Waals surface area contributed by atoms with Gasteiger partial charge in [-0.15, -0.1) is 0 Å². The maximum atomic E-state index is 12.5. The monoisotopic (exact) mass is 411 g/mol. The van der Waals surface area contributed by atoms with Gasteiger partial charge in [-0.05, 0) is 30.7 Å². The van der Waals surface area contributed by atoms with Crippen LogP contribution in [0.25, 0.3) is 5.69 Å². The summed E-state index contributed by atoms with van der Waals surface area (Å²) in [7, 11) is 0. The molecule has 0 saturated carbocycles. The van der Waals surface area contributed by atoms with Gasteiger partial charge in [-0.2, -0.15) is 9.78 Å². The Balaban J connectivity index is 1.44. The lowest BCUT2D eigenvalue weighted by molar-refractivity contribution is 0.0529. The number of nitrogens with zero attached hydrogens (tertiary/aromatic N) is 4. The molecule has 1 aliphatic heterocycles. The Morgan fingerprint density at radius 1 is 1.21 bits per heavy atom. The summed E-state index contributed by atoms with van der Waals surface area (Å²) in [6.45, 7) is 4.94. The third-order valence-corrected chi connectivity index (χ3v) is 5.14. The molecule has 4 rings (SSSR count). The summed E-state index contributed by atoms with van der Waals surface area (Å²) < 4.78 is 6.86. The van der Waals surface area contributed by atoms with Crippen LogP contribution >= 0.6 is 11.6 Å². The van der Waals surface area contributed by atoms with Crippen LogP contribution in [0.3, 0.4) is 0 Å². The number of para-hydroxylation sites is 1. The Labute approximate surface area is 173 Å². The molecule has 150 valence electrons. The molecule has 0 bridgehead atoms. The van der Waals surface area contributed by atoms with Gasteiger partial charge >= 0.3 is 0 Å². The number of hydrogen-bond donors (Lipinski definition) is 1. The zero-order chi connectivity index (χ0) is 20.2. The quantitative estimate of drug-likeness (QED) is 0.695. The fourth-order valence-electron chi connectivity index (χ4n) is 3.24. The molecule has 0 amide bonds. The Bertz CT molecular complexity index is 1020. The largest absolute Gasteiger partial charge is 0.378 e. The van der Waals surface area contributed by atoms with Gasteiger partial charge < -0.3 is 15.0 Å². The van der Waals surface area contributed by atoms with Crippen LogP contribution in [0.15, 0.2) is 59.7 Å². The van der Waals surface area contributed by atoms with Crippen LogP contribution in [0, 0.1) is 0 Å². The molecule has 3 heterocycles. The molecule has 8 heteroatoms. The summed E-state index contributed by atoms with van der Waals surface area (Å²) >= 11 is 6.28. The second-order valence-electron chi connectivity index (χ2n) is 6.93. The lowest BCUT2D eigenvalue weighted by Gasteiger charge is -2.32. The molecule has 0 spiro atoms. The first-order valence-electron chi connectivity index (χ1n) is 9.50. The molecule has 0 aliphatic carbocycles. The summed E-state index contributed by atoms with van der Waals surface area (Å²) in [5.74, 6) is 0.939. The molecule has 1 unspecified atom stereocenters. The average molecular weight is 412 g/mol. The van der Waals surface area contributed by atoms with E-state index < -0.39 is 0 Å². The summed E-state index contributed by atoms with van der Waals surface area (Å²) in [4.78, 5) is 19.3. The second-order valence-corrected chi connectivity index (χ2v) is 7.31. The molecular formula is C21H22ClN5O2. The topological polar surface area (TPSA) is 72.3 Å². The van der Waals surface area contributed by atoms with E-state index >= 15 is 0 Å². The first kappa shape index (κ1) is 19.4. The van der Waals surface area contributed by atoms with E-state index in [1.165, 1.54) is 4.68 Å². The van der Waals surface area contributed by atoms with Gasteiger partial charge in [-0.1, -0.05) is 35.9 Å². The number of morpholine rings is 1. The summed E-state index contributed by atoms with van der Waals surface area (Å²) in [5, 5.41) is 7.51. The summed E-state index contributed by atoms with van der Waals surface area (Å²) in [6, 6.07) is 13.2. The Morgan fingerprint density at radius 3 is 2.76 bits per heavy atom. The van der Waals surface area contributed by atoms with E-state index in [-0.39, 0.29) is 16.7 Å². The molecule has 1 N–H and O–H groups in total. The number of ether oxygens (including phenoxy) is 1. The summed E-state index contributed by atoms with van der Waals surface area (Å²) in [5.41, 5.74) is 1.79. The van der Waals surface area contributed by atoms with Crippen molar-refractivity contribution in [2.75, 3.05) is 29.9 Å². The molecular weight excluding hydrogens is 390 g/mol. The number of rotatable bonds is 5. The second kappa shape index (κ2) is 8.63. The highest BCUT2D eigenvalue weighted by Gasteiger charge is 2.17. The van der Waals surface area contributed by atoms with E-state index in [0.717, 1.165) is 24.5 Å².